The molecule has 1 aliphatic rings. The fraction of sp³-hybridized carbons (Fsp3) is 0.440. The van der Waals surface area contributed by atoms with Crippen molar-refractivity contribution >= 4 is 40.1 Å². The molecule has 0 saturated carbocycles. The first-order valence-corrected chi connectivity index (χ1v) is 12.6. The minimum atomic E-state index is -0.166. The maximum atomic E-state index is 12.9. The number of fused-ring (bicyclic) bond motifs is 1. The van der Waals surface area contributed by atoms with Crippen LogP contribution in [0.25, 0.3) is 11.0 Å². The minimum Gasteiger partial charge on any atom is -0.381 e. The van der Waals surface area contributed by atoms with Crippen molar-refractivity contribution in [2.24, 2.45) is 14.1 Å². The Morgan fingerprint density at radius 1 is 1.16 bits per heavy atom. The highest BCUT2D eigenvalue weighted by Gasteiger charge is 2.19. The zero-order valence-electron chi connectivity index (χ0n) is 22.1. The second-order valence-corrected chi connectivity index (χ2v) is 9.49. The lowest BCUT2D eigenvalue weighted by molar-refractivity contribution is 0.0432. The van der Waals surface area contributed by atoms with E-state index in [0.29, 0.717) is 41.3 Å². The van der Waals surface area contributed by atoms with Gasteiger partial charge in [0, 0.05) is 65.0 Å². The Kier molecular flexibility index (Phi) is 7.47. The van der Waals surface area contributed by atoms with Crippen LogP contribution in [-0.4, -0.2) is 84.7 Å². The zero-order valence-corrected chi connectivity index (χ0v) is 22.1. The summed E-state index contributed by atoms with van der Waals surface area (Å²) in [6.45, 7) is 4.81. The molecule has 200 valence electrons. The number of likely N-dealkylation sites (N-methyl/N-ethyl adjacent to an activating group) is 1. The lowest BCUT2D eigenvalue weighted by Gasteiger charge is -2.31. The molecule has 38 heavy (non-hydrogen) atoms. The number of ether oxygens (including phenoxy) is 1. The highest BCUT2D eigenvalue weighted by molar-refractivity contribution is 5.96. The van der Waals surface area contributed by atoms with Crippen molar-refractivity contribution in [3.05, 3.63) is 42.1 Å². The summed E-state index contributed by atoms with van der Waals surface area (Å²) >= 11 is 0. The van der Waals surface area contributed by atoms with Gasteiger partial charge in [-0.3, -0.25) is 14.5 Å². The first kappa shape index (κ1) is 25.5. The smallest absolute Gasteiger partial charge is 0.252 e. The maximum Gasteiger partial charge on any atom is 0.252 e. The first-order chi connectivity index (χ1) is 18.4. The number of pyridine rings is 1. The molecule has 1 amide bonds. The van der Waals surface area contributed by atoms with Crippen LogP contribution >= 0.6 is 0 Å². The van der Waals surface area contributed by atoms with E-state index in [0.717, 1.165) is 49.4 Å². The molecule has 13 nitrogen and oxygen atoms in total. The molecule has 0 aliphatic carbocycles. The third kappa shape index (κ3) is 5.73. The van der Waals surface area contributed by atoms with Crippen molar-refractivity contribution in [3.63, 3.8) is 0 Å². The fourth-order valence-electron chi connectivity index (χ4n) is 4.47. The van der Waals surface area contributed by atoms with Crippen molar-refractivity contribution in [3.8, 4) is 0 Å². The molecule has 4 aromatic rings. The monoisotopic (exact) mass is 519 g/mol. The summed E-state index contributed by atoms with van der Waals surface area (Å²) in [6.07, 6.45) is 8.90. The third-order valence-electron chi connectivity index (χ3n) is 6.71. The molecule has 0 bridgehead atoms. The van der Waals surface area contributed by atoms with Crippen LogP contribution in [0.5, 0.6) is 0 Å². The largest absolute Gasteiger partial charge is 0.381 e. The predicted molar refractivity (Wildman–Crippen MR) is 144 cm³/mol. The molecular formula is C25H33N11O2. The normalized spacial score (nSPS) is 14.2. The van der Waals surface area contributed by atoms with Crippen molar-refractivity contribution < 1.29 is 9.53 Å². The average Bonchev–Trinajstić information content (AvgIpc) is 3.47. The van der Waals surface area contributed by atoms with Gasteiger partial charge >= 0.3 is 0 Å². The third-order valence-corrected chi connectivity index (χ3v) is 6.71. The summed E-state index contributed by atoms with van der Waals surface area (Å²) in [5, 5.41) is 18.9. The number of nitrogens with one attached hydrogen (secondary N) is 3. The number of hydrogen-bond donors (Lipinski definition) is 3. The van der Waals surface area contributed by atoms with Gasteiger partial charge in [-0.2, -0.15) is 15.2 Å². The van der Waals surface area contributed by atoms with Gasteiger partial charge in [0.1, 0.15) is 0 Å². The van der Waals surface area contributed by atoms with Crippen LogP contribution < -0.4 is 16.0 Å². The van der Waals surface area contributed by atoms with Gasteiger partial charge in [0.2, 0.25) is 5.95 Å². The van der Waals surface area contributed by atoms with Gasteiger partial charge in [0.25, 0.3) is 5.91 Å². The Bertz CT molecular complexity index is 1420. The van der Waals surface area contributed by atoms with E-state index >= 15 is 0 Å². The molecule has 4 aromatic heterocycles. The van der Waals surface area contributed by atoms with Crippen LogP contribution in [0.3, 0.4) is 0 Å². The number of aryl methyl sites for hydroxylation is 3. The molecule has 13 heteroatoms. The van der Waals surface area contributed by atoms with E-state index in [1.54, 1.807) is 34.0 Å². The molecule has 1 fully saturated rings. The van der Waals surface area contributed by atoms with Gasteiger partial charge in [-0.1, -0.05) is 0 Å². The number of aromatic nitrogens is 7. The zero-order chi connectivity index (χ0) is 26.6. The number of rotatable bonds is 9. The number of amides is 1. The summed E-state index contributed by atoms with van der Waals surface area (Å²) in [4.78, 5) is 28.6. The van der Waals surface area contributed by atoms with E-state index in [4.69, 9.17) is 4.74 Å². The Labute approximate surface area is 220 Å². The fourth-order valence-corrected chi connectivity index (χ4v) is 4.47. The van der Waals surface area contributed by atoms with Crippen LogP contribution in [0.1, 0.15) is 28.9 Å². The summed E-state index contributed by atoms with van der Waals surface area (Å²) in [6, 6.07) is 2.29. The molecule has 1 aliphatic heterocycles. The van der Waals surface area contributed by atoms with Crippen LogP contribution in [0.2, 0.25) is 0 Å². The number of anilines is 4. The Hall–Kier alpha value is -4.10. The van der Waals surface area contributed by atoms with E-state index in [1.165, 1.54) is 0 Å². The molecule has 0 atom stereocenters. The quantitative estimate of drug-likeness (QED) is 0.301. The summed E-state index contributed by atoms with van der Waals surface area (Å²) < 4.78 is 8.82. The Morgan fingerprint density at radius 2 is 1.97 bits per heavy atom. The molecule has 0 spiro atoms. The van der Waals surface area contributed by atoms with Crippen molar-refractivity contribution in [2.45, 2.75) is 25.8 Å². The Balaban J connectivity index is 1.25. The average molecular weight is 520 g/mol. The van der Waals surface area contributed by atoms with Crippen molar-refractivity contribution in [1.82, 2.24) is 44.7 Å². The van der Waals surface area contributed by atoms with Gasteiger partial charge in [-0.05, 0) is 32.9 Å². The minimum absolute atomic E-state index is 0.166. The summed E-state index contributed by atoms with van der Waals surface area (Å²) in [5.41, 5.74) is 3.36. The van der Waals surface area contributed by atoms with E-state index in [1.807, 2.05) is 27.2 Å². The summed E-state index contributed by atoms with van der Waals surface area (Å²) in [7, 11) is 5.76. The lowest BCUT2D eigenvalue weighted by atomic mass is 10.1. The molecule has 5 heterocycles. The van der Waals surface area contributed by atoms with Crippen LogP contribution in [0.4, 0.5) is 23.1 Å². The van der Waals surface area contributed by atoms with E-state index in [2.05, 4.69) is 53.0 Å². The highest BCUT2D eigenvalue weighted by atomic mass is 16.5. The summed E-state index contributed by atoms with van der Waals surface area (Å²) in [5.74, 6) is 0.858. The molecule has 3 N–H and O–H groups in total. The van der Waals surface area contributed by atoms with Gasteiger partial charge in [0.15, 0.2) is 11.5 Å². The maximum absolute atomic E-state index is 12.9. The SMILES string of the molecule is Cc1ncc(C(=O)NCCN(C)C2CCOCC2)cc1Nc1nn(C)c2nc(Nc3cnn(C)c3)ncc12. The molecule has 5 rings (SSSR count). The molecular weight excluding hydrogens is 486 g/mol. The topological polar surface area (TPSA) is 140 Å². The van der Waals surface area contributed by atoms with E-state index < -0.39 is 0 Å². The lowest BCUT2D eigenvalue weighted by Crippen LogP contribution is -2.41. The second-order valence-electron chi connectivity index (χ2n) is 9.49. The second kappa shape index (κ2) is 11.1. The van der Waals surface area contributed by atoms with E-state index in [-0.39, 0.29) is 5.91 Å². The van der Waals surface area contributed by atoms with Crippen molar-refractivity contribution in [2.75, 3.05) is 44.0 Å². The standard InChI is InChI=1S/C25H33N11O2/c1-16-21(11-17(12-27-16)24(37)26-7-8-34(2)19-5-9-38-10-6-19)31-22-20-14-28-25(32-23(20)36(4)33-22)30-18-13-29-35(3)15-18/h11-15,19H,5-10H2,1-4H3,(H,26,37)(H,31,33)(H,28,30,32). The number of hydrogen-bond acceptors (Lipinski definition) is 10. The Morgan fingerprint density at radius 3 is 2.74 bits per heavy atom. The van der Waals surface area contributed by atoms with Gasteiger partial charge in [-0.25, -0.2) is 9.67 Å². The van der Waals surface area contributed by atoms with Crippen LogP contribution in [-0.2, 0) is 18.8 Å². The number of nitrogens with zero attached hydrogens (tertiary/aromatic N) is 8. The number of carbonyl (C=O) groups is 1. The predicted octanol–water partition coefficient (Wildman–Crippen LogP) is 2.13. The van der Waals surface area contributed by atoms with Crippen molar-refractivity contribution in [1.29, 1.82) is 0 Å². The van der Waals surface area contributed by atoms with Crippen LogP contribution in [0, 0.1) is 6.92 Å². The van der Waals surface area contributed by atoms with Gasteiger partial charge in [-0.15, -0.1) is 0 Å². The molecule has 1 saturated heterocycles. The van der Waals surface area contributed by atoms with Gasteiger partial charge in [0.05, 0.1) is 34.2 Å². The first-order valence-electron chi connectivity index (χ1n) is 12.6. The molecule has 0 aromatic carbocycles. The van der Waals surface area contributed by atoms with Gasteiger partial charge < -0.3 is 25.6 Å². The number of carbonyl (C=O) groups excluding carboxylic acids is 1. The molecule has 0 unspecified atom stereocenters. The molecule has 0 radical (unpaired) electrons. The van der Waals surface area contributed by atoms with Crippen LogP contribution in [0.15, 0.2) is 30.9 Å². The van der Waals surface area contributed by atoms with E-state index in [9.17, 15) is 4.79 Å². The highest BCUT2D eigenvalue weighted by Crippen LogP contribution is 2.27.